The van der Waals surface area contributed by atoms with E-state index in [1.54, 1.807) is 6.20 Å². The van der Waals surface area contributed by atoms with Gasteiger partial charge in [0.05, 0.1) is 5.69 Å². The van der Waals surface area contributed by atoms with Gasteiger partial charge in [-0.2, -0.15) is 0 Å². The fourth-order valence-electron chi connectivity index (χ4n) is 1.69. The molecule has 2 rings (SSSR count). The fraction of sp³-hybridized carbons (Fsp3) is 0.312. The maximum absolute atomic E-state index is 5.77. The number of aromatic nitrogens is 1. The zero-order valence-electron chi connectivity index (χ0n) is 11.5. The predicted octanol–water partition coefficient (Wildman–Crippen LogP) is 3.16. The maximum Gasteiger partial charge on any atom is 0.123 e. The molecular weight excluding hydrogens is 236 g/mol. The summed E-state index contributed by atoms with van der Waals surface area (Å²) in [6.45, 7) is 5.59. The number of ether oxygens (including phenoxy) is 1. The lowest BCUT2D eigenvalue weighted by Gasteiger charge is -2.10. The number of hydrogen-bond acceptors (Lipinski definition) is 3. The summed E-state index contributed by atoms with van der Waals surface area (Å²) in [4.78, 5) is 4.32. The third kappa shape index (κ3) is 4.72. The van der Waals surface area contributed by atoms with Crippen molar-refractivity contribution in [2.24, 2.45) is 0 Å². The van der Waals surface area contributed by atoms with Crippen LogP contribution in [0.2, 0.25) is 0 Å². The second kappa shape index (κ2) is 6.90. The van der Waals surface area contributed by atoms with Crippen molar-refractivity contribution in [1.82, 2.24) is 10.3 Å². The fourth-order valence-corrected chi connectivity index (χ4v) is 1.69. The molecule has 0 saturated heterocycles. The molecule has 1 aromatic heterocycles. The first-order valence-corrected chi connectivity index (χ1v) is 6.59. The molecule has 1 N–H and O–H groups in total. The molecule has 0 spiro atoms. The normalized spacial score (nSPS) is 10.7. The quantitative estimate of drug-likeness (QED) is 0.862. The molecule has 100 valence electrons. The standard InChI is InChI=1S/C16H20N2O/c1-13(2)18-11-15-10-16(8-9-17-15)19-12-14-6-4-3-5-7-14/h3-10,13,18H,11-12H2,1-2H3. The maximum atomic E-state index is 5.77. The summed E-state index contributed by atoms with van der Waals surface area (Å²) >= 11 is 0. The van der Waals surface area contributed by atoms with Crippen molar-refractivity contribution >= 4 is 0 Å². The molecule has 0 saturated carbocycles. The highest BCUT2D eigenvalue weighted by atomic mass is 16.5. The second-order valence-electron chi connectivity index (χ2n) is 4.79. The average Bonchev–Trinajstić information content (AvgIpc) is 2.44. The minimum absolute atomic E-state index is 0.454. The Labute approximate surface area is 114 Å². The van der Waals surface area contributed by atoms with Crippen molar-refractivity contribution in [3.05, 3.63) is 59.9 Å². The Morgan fingerprint density at radius 3 is 2.68 bits per heavy atom. The number of hydrogen-bond donors (Lipinski definition) is 1. The minimum atomic E-state index is 0.454. The lowest BCUT2D eigenvalue weighted by molar-refractivity contribution is 0.305. The molecule has 0 amide bonds. The van der Waals surface area contributed by atoms with E-state index in [0.717, 1.165) is 18.0 Å². The first-order chi connectivity index (χ1) is 9.24. The molecule has 0 bridgehead atoms. The summed E-state index contributed by atoms with van der Waals surface area (Å²) in [5.41, 5.74) is 2.17. The van der Waals surface area contributed by atoms with Crippen molar-refractivity contribution in [1.29, 1.82) is 0 Å². The number of rotatable bonds is 6. The molecule has 3 heteroatoms. The van der Waals surface area contributed by atoms with E-state index in [-0.39, 0.29) is 0 Å². The minimum Gasteiger partial charge on any atom is -0.489 e. The van der Waals surface area contributed by atoms with Crippen molar-refractivity contribution < 1.29 is 4.74 Å². The van der Waals surface area contributed by atoms with Crippen LogP contribution in [0.4, 0.5) is 0 Å². The second-order valence-corrected chi connectivity index (χ2v) is 4.79. The number of nitrogens with one attached hydrogen (secondary N) is 1. The molecule has 0 aliphatic rings. The number of benzene rings is 1. The van der Waals surface area contributed by atoms with Gasteiger partial charge in [0.25, 0.3) is 0 Å². The first-order valence-electron chi connectivity index (χ1n) is 6.59. The smallest absolute Gasteiger partial charge is 0.123 e. The van der Waals surface area contributed by atoms with Gasteiger partial charge in [-0.05, 0) is 11.6 Å². The third-order valence-electron chi connectivity index (χ3n) is 2.73. The molecule has 0 radical (unpaired) electrons. The van der Waals surface area contributed by atoms with Gasteiger partial charge in [0.1, 0.15) is 12.4 Å². The summed E-state index contributed by atoms with van der Waals surface area (Å²) in [6, 6.07) is 14.5. The van der Waals surface area contributed by atoms with E-state index in [9.17, 15) is 0 Å². The Bertz CT molecular complexity index is 497. The zero-order valence-corrected chi connectivity index (χ0v) is 11.5. The van der Waals surface area contributed by atoms with Crippen LogP contribution in [0, 0.1) is 0 Å². The summed E-state index contributed by atoms with van der Waals surface area (Å²) in [7, 11) is 0. The first kappa shape index (κ1) is 13.6. The van der Waals surface area contributed by atoms with Gasteiger partial charge < -0.3 is 10.1 Å². The van der Waals surface area contributed by atoms with E-state index in [1.807, 2.05) is 30.3 Å². The van der Waals surface area contributed by atoms with Gasteiger partial charge in [-0.3, -0.25) is 4.98 Å². The van der Waals surface area contributed by atoms with E-state index >= 15 is 0 Å². The molecule has 0 aliphatic heterocycles. The van der Waals surface area contributed by atoms with Crippen LogP contribution >= 0.6 is 0 Å². The van der Waals surface area contributed by atoms with Crippen molar-refractivity contribution in [2.75, 3.05) is 0 Å². The molecule has 1 aromatic carbocycles. The highest BCUT2D eigenvalue weighted by molar-refractivity contribution is 5.23. The van der Waals surface area contributed by atoms with Crippen LogP contribution in [0.25, 0.3) is 0 Å². The van der Waals surface area contributed by atoms with Gasteiger partial charge in [-0.1, -0.05) is 44.2 Å². The van der Waals surface area contributed by atoms with Crippen molar-refractivity contribution in [3.8, 4) is 5.75 Å². The van der Waals surface area contributed by atoms with Crippen molar-refractivity contribution in [2.45, 2.75) is 33.0 Å². The van der Waals surface area contributed by atoms with Gasteiger partial charge in [0.2, 0.25) is 0 Å². The molecule has 0 unspecified atom stereocenters. The van der Waals surface area contributed by atoms with Crippen LogP contribution in [-0.2, 0) is 13.2 Å². The molecule has 2 aromatic rings. The Balaban J connectivity index is 1.91. The summed E-state index contributed by atoms with van der Waals surface area (Å²) in [5, 5.41) is 3.34. The van der Waals surface area contributed by atoms with Crippen LogP contribution in [0.5, 0.6) is 5.75 Å². The van der Waals surface area contributed by atoms with Gasteiger partial charge in [-0.15, -0.1) is 0 Å². The van der Waals surface area contributed by atoms with Gasteiger partial charge in [0.15, 0.2) is 0 Å². The monoisotopic (exact) mass is 256 g/mol. The largest absolute Gasteiger partial charge is 0.489 e. The van der Waals surface area contributed by atoms with Crippen LogP contribution in [0.3, 0.4) is 0 Å². The van der Waals surface area contributed by atoms with E-state index in [1.165, 1.54) is 5.56 Å². The van der Waals surface area contributed by atoms with E-state index in [0.29, 0.717) is 12.6 Å². The van der Waals surface area contributed by atoms with Crippen LogP contribution < -0.4 is 10.1 Å². The third-order valence-corrected chi connectivity index (χ3v) is 2.73. The lowest BCUT2D eigenvalue weighted by Crippen LogP contribution is -2.22. The Kier molecular flexibility index (Phi) is 4.93. The molecular formula is C16H20N2O. The molecule has 0 aliphatic carbocycles. The SMILES string of the molecule is CC(C)NCc1cc(OCc2ccccc2)ccn1. The highest BCUT2D eigenvalue weighted by Gasteiger charge is 2.00. The molecule has 0 atom stereocenters. The van der Waals surface area contributed by atoms with Crippen LogP contribution in [0.1, 0.15) is 25.1 Å². The van der Waals surface area contributed by atoms with Gasteiger partial charge in [-0.25, -0.2) is 0 Å². The van der Waals surface area contributed by atoms with E-state index in [2.05, 4.69) is 36.3 Å². The lowest BCUT2D eigenvalue weighted by atomic mass is 10.2. The Morgan fingerprint density at radius 2 is 1.95 bits per heavy atom. The van der Waals surface area contributed by atoms with Crippen molar-refractivity contribution in [3.63, 3.8) is 0 Å². The Morgan fingerprint density at radius 1 is 1.16 bits per heavy atom. The molecule has 1 heterocycles. The summed E-state index contributed by atoms with van der Waals surface area (Å²) < 4.78 is 5.77. The summed E-state index contributed by atoms with van der Waals surface area (Å²) in [6.07, 6.45) is 1.79. The average molecular weight is 256 g/mol. The molecule has 19 heavy (non-hydrogen) atoms. The van der Waals surface area contributed by atoms with Crippen LogP contribution in [0.15, 0.2) is 48.7 Å². The Hall–Kier alpha value is -1.87. The molecule has 0 fully saturated rings. The summed E-state index contributed by atoms with van der Waals surface area (Å²) in [5.74, 6) is 0.861. The number of pyridine rings is 1. The van der Waals surface area contributed by atoms with Crippen LogP contribution in [-0.4, -0.2) is 11.0 Å². The van der Waals surface area contributed by atoms with Gasteiger partial charge >= 0.3 is 0 Å². The topological polar surface area (TPSA) is 34.1 Å². The van der Waals surface area contributed by atoms with E-state index in [4.69, 9.17) is 4.74 Å². The number of nitrogens with zero attached hydrogens (tertiary/aromatic N) is 1. The highest BCUT2D eigenvalue weighted by Crippen LogP contribution is 2.13. The predicted molar refractivity (Wildman–Crippen MR) is 77.0 cm³/mol. The van der Waals surface area contributed by atoms with Gasteiger partial charge in [0, 0.05) is 24.8 Å². The van der Waals surface area contributed by atoms with E-state index < -0.39 is 0 Å². The zero-order chi connectivity index (χ0) is 13.5. The molecule has 3 nitrogen and oxygen atoms in total.